The van der Waals surface area contributed by atoms with E-state index in [0.717, 1.165) is 12.0 Å². The van der Waals surface area contributed by atoms with Crippen LogP contribution in [-0.2, 0) is 4.74 Å². The predicted molar refractivity (Wildman–Crippen MR) is 84.2 cm³/mol. The number of benzene rings is 1. The predicted octanol–water partition coefficient (Wildman–Crippen LogP) is 3.55. The lowest BCUT2D eigenvalue weighted by Gasteiger charge is -2.22. The van der Waals surface area contributed by atoms with Gasteiger partial charge in [0.2, 0.25) is 0 Å². The van der Waals surface area contributed by atoms with Crippen molar-refractivity contribution >= 4 is 11.5 Å². The maximum absolute atomic E-state index is 12.2. The van der Waals surface area contributed by atoms with E-state index in [0.29, 0.717) is 17.6 Å². The van der Waals surface area contributed by atoms with Gasteiger partial charge in [-0.3, -0.25) is 0 Å². The lowest BCUT2D eigenvalue weighted by atomic mass is 9.95. The van der Waals surface area contributed by atoms with Crippen molar-refractivity contribution in [1.29, 1.82) is 0 Å². The highest BCUT2D eigenvalue weighted by Crippen LogP contribution is 2.32. The Bertz CT molecular complexity index is 583. The summed E-state index contributed by atoms with van der Waals surface area (Å²) in [7, 11) is 0. The summed E-state index contributed by atoms with van der Waals surface area (Å²) in [4.78, 5) is 12.2. The molecule has 0 aromatic heterocycles. The molecule has 3 rings (SSSR count). The van der Waals surface area contributed by atoms with Gasteiger partial charge in [-0.15, -0.1) is 0 Å². The average Bonchev–Trinajstić information content (AvgIpc) is 2.76. The van der Waals surface area contributed by atoms with Gasteiger partial charge < -0.3 is 10.1 Å². The summed E-state index contributed by atoms with van der Waals surface area (Å²) >= 11 is 0. The first-order valence-corrected chi connectivity index (χ1v) is 7.71. The Hall–Kier alpha value is -1.61. The Morgan fingerprint density at radius 1 is 1.29 bits per heavy atom. The van der Waals surface area contributed by atoms with Crippen molar-refractivity contribution in [3.8, 4) is 0 Å². The van der Waals surface area contributed by atoms with Crippen LogP contribution in [0.5, 0.6) is 0 Å². The molecule has 1 saturated heterocycles. The maximum Gasteiger partial charge on any atom is 0.338 e. The van der Waals surface area contributed by atoms with Crippen molar-refractivity contribution in [2.45, 2.75) is 57.7 Å². The minimum atomic E-state index is -0.458. The molecular formula is C18H23NO2. The molecule has 0 saturated carbocycles. The normalized spacial score (nSPS) is 24.6. The minimum Gasteiger partial charge on any atom is -0.456 e. The second-order valence-electron chi connectivity index (χ2n) is 7.03. The van der Waals surface area contributed by atoms with Crippen LogP contribution >= 0.6 is 0 Å². The van der Waals surface area contributed by atoms with Crippen molar-refractivity contribution in [1.82, 2.24) is 5.32 Å². The Morgan fingerprint density at radius 2 is 2.10 bits per heavy atom. The Labute approximate surface area is 126 Å². The van der Waals surface area contributed by atoms with Gasteiger partial charge in [0.05, 0.1) is 5.56 Å². The molecule has 0 aliphatic carbocycles. The molecule has 1 fully saturated rings. The zero-order chi connectivity index (χ0) is 15.0. The molecule has 2 bridgehead atoms. The quantitative estimate of drug-likeness (QED) is 0.845. The van der Waals surface area contributed by atoms with E-state index in [9.17, 15) is 4.79 Å². The van der Waals surface area contributed by atoms with Gasteiger partial charge in [-0.2, -0.15) is 0 Å². The van der Waals surface area contributed by atoms with Crippen molar-refractivity contribution in [3.05, 3.63) is 41.5 Å². The van der Waals surface area contributed by atoms with E-state index in [1.54, 1.807) is 0 Å². The highest BCUT2D eigenvalue weighted by molar-refractivity contribution is 5.91. The van der Waals surface area contributed by atoms with Gasteiger partial charge in [-0.1, -0.05) is 18.2 Å². The molecule has 21 heavy (non-hydrogen) atoms. The first kappa shape index (κ1) is 14.3. The molecule has 1 N–H and O–H groups in total. The van der Waals surface area contributed by atoms with Crippen LogP contribution in [0.3, 0.4) is 0 Å². The second kappa shape index (κ2) is 5.30. The van der Waals surface area contributed by atoms with E-state index in [4.69, 9.17) is 4.74 Å². The molecule has 2 atom stereocenters. The molecule has 2 unspecified atom stereocenters. The number of ether oxygens (including phenoxy) is 1. The fourth-order valence-electron chi connectivity index (χ4n) is 3.12. The van der Waals surface area contributed by atoms with E-state index in [1.165, 1.54) is 18.4 Å². The van der Waals surface area contributed by atoms with Crippen LogP contribution < -0.4 is 5.32 Å². The molecular weight excluding hydrogens is 262 g/mol. The molecule has 3 heteroatoms. The van der Waals surface area contributed by atoms with Crippen LogP contribution in [0, 0.1) is 0 Å². The van der Waals surface area contributed by atoms with Crippen molar-refractivity contribution in [2.75, 3.05) is 0 Å². The average molecular weight is 285 g/mol. The van der Waals surface area contributed by atoms with E-state index in [-0.39, 0.29) is 5.97 Å². The van der Waals surface area contributed by atoms with Crippen LogP contribution in [0.4, 0.5) is 0 Å². The molecule has 0 radical (unpaired) electrons. The summed E-state index contributed by atoms with van der Waals surface area (Å²) in [6.45, 7) is 5.67. The molecule has 2 aliphatic heterocycles. The van der Waals surface area contributed by atoms with E-state index >= 15 is 0 Å². The largest absolute Gasteiger partial charge is 0.456 e. The van der Waals surface area contributed by atoms with Crippen LogP contribution in [0.1, 0.15) is 56.0 Å². The van der Waals surface area contributed by atoms with Crippen LogP contribution in [0.15, 0.2) is 30.3 Å². The van der Waals surface area contributed by atoms with Crippen molar-refractivity contribution < 1.29 is 9.53 Å². The first-order chi connectivity index (χ1) is 9.90. The van der Waals surface area contributed by atoms with Crippen LogP contribution in [-0.4, -0.2) is 23.7 Å². The smallest absolute Gasteiger partial charge is 0.338 e. The van der Waals surface area contributed by atoms with Crippen molar-refractivity contribution in [3.63, 3.8) is 0 Å². The van der Waals surface area contributed by atoms with Gasteiger partial charge in [0.1, 0.15) is 5.60 Å². The lowest BCUT2D eigenvalue weighted by Crippen LogP contribution is -2.32. The second-order valence-corrected chi connectivity index (χ2v) is 7.03. The number of nitrogens with one attached hydrogen (secondary N) is 1. The first-order valence-electron chi connectivity index (χ1n) is 7.71. The third-order valence-electron chi connectivity index (χ3n) is 4.01. The molecule has 1 aromatic carbocycles. The van der Waals surface area contributed by atoms with Gasteiger partial charge in [-0.05, 0) is 63.3 Å². The summed E-state index contributed by atoms with van der Waals surface area (Å²) < 4.78 is 5.45. The highest BCUT2D eigenvalue weighted by atomic mass is 16.6. The maximum atomic E-state index is 12.2. The zero-order valence-corrected chi connectivity index (χ0v) is 13.0. The minimum absolute atomic E-state index is 0.248. The molecule has 3 nitrogen and oxygen atoms in total. The van der Waals surface area contributed by atoms with E-state index in [2.05, 4.69) is 17.5 Å². The molecule has 0 amide bonds. The molecule has 2 aliphatic rings. The Kier molecular flexibility index (Phi) is 3.62. The van der Waals surface area contributed by atoms with Gasteiger partial charge >= 0.3 is 5.97 Å². The van der Waals surface area contributed by atoms with E-state index in [1.807, 2.05) is 39.0 Å². The van der Waals surface area contributed by atoms with Crippen LogP contribution in [0.25, 0.3) is 5.57 Å². The molecule has 112 valence electrons. The van der Waals surface area contributed by atoms with E-state index < -0.39 is 5.60 Å². The highest BCUT2D eigenvalue weighted by Gasteiger charge is 2.28. The van der Waals surface area contributed by atoms with Gasteiger partial charge in [0.25, 0.3) is 0 Å². The summed E-state index contributed by atoms with van der Waals surface area (Å²) in [5.74, 6) is -0.248. The Morgan fingerprint density at radius 3 is 2.81 bits per heavy atom. The fraction of sp³-hybridized carbons (Fsp3) is 0.500. The number of esters is 1. The van der Waals surface area contributed by atoms with Gasteiger partial charge in [0.15, 0.2) is 0 Å². The number of fused-ring (bicyclic) bond motifs is 2. The number of carbonyl (C=O) groups excluding carboxylic acids is 1. The summed E-state index contributed by atoms with van der Waals surface area (Å²) in [5.41, 5.74) is 2.68. The molecule has 0 spiro atoms. The number of rotatable bonds is 2. The van der Waals surface area contributed by atoms with Crippen molar-refractivity contribution in [2.24, 2.45) is 0 Å². The standard InChI is InChI=1S/C18H23NO2/c1-18(2,3)21-17(20)13-6-4-5-12(9-13)14-10-15-7-8-16(11-14)19-15/h4-6,9-10,15-16,19H,7-8,11H2,1-3H3. The number of hydrogen-bond donors (Lipinski definition) is 1. The summed E-state index contributed by atoms with van der Waals surface area (Å²) in [6, 6.07) is 8.92. The van der Waals surface area contributed by atoms with Gasteiger partial charge in [-0.25, -0.2) is 4.79 Å². The fourth-order valence-corrected chi connectivity index (χ4v) is 3.12. The number of hydrogen-bond acceptors (Lipinski definition) is 3. The third-order valence-corrected chi connectivity index (χ3v) is 4.01. The summed E-state index contributed by atoms with van der Waals surface area (Å²) in [5, 5.41) is 3.59. The molecule has 1 aromatic rings. The summed E-state index contributed by atoms with van der Waals surface area (Å²) in [6.07, 6.45) is 5.84. The Balaban J connectivity index is 1.82. The van der Waals surface area contributed by atoms with Crippen LogP contribution in [0.2, 0.25) is 0 Å². The topological polar surface area (TPSA) is 38.3 Å². The van der Waals surface area contributed by atoms with Gasteiger partial charge in [0, 0.05) is 12.1 Å². The third kappa shape index (κ3) is 3.35. The monoisotopic (exact) mass is 285 g/mol. The zero-order valence-electron chi connectivity index (χ0n) is 13.0. The number of carbonyl (C=O) groups is 1. The lowest BCUT2D eigenvalue weighted by molar-refractivity contribution is 0.00695. The SMILES string of the molecule is CC(C)(C)OC(=O)c1cccc(C2=CC3CCC(C2)N3)c1. The molecule has 2 heterocycles.